The number of rotatable bonds is 3. The van der Waals surface area contributed by atoms with Crippen LogP contribution in [0.5, 0.6) is 5.88 Å². The quantitative estimate of drug-likeness (QED) is 0.726. The van der Waals surface area contributed by atoms with Gasteiger partial charge in [-0.15, -0.1) is 0 Å². The molecule has 1 heterocycles. The van der Waals surface area contributed by atoms with E-state index in [0.717, 1.165) is 0 Å². The SMILES string of the molecule is CCOc1nc(N)ncc1C#CC[C@H](C)N. The van der Waals surface area contributed by atoms with Gasteiger partial charge in [0.2, 0.25) is 11.8 Å². The van der Waals surface area contributed by atoms with E-state index >= 15 is 0 Å². The van der Waals surface area contributed by atoms with Gasteiger partial charge in [-0.2, -0.15) is 4.98 Å². The summed E-state index contributed by atoms with van der Waals surface area (Å²) >= 11 is 0. The number of aromatic nitrogens is 2. The number of nitrogens with zero attached hydrogens (tertiary/aromatic N) is 2. The molecule has 1 aromatic rings. The molecule has 5 nitrogen and oxygen atoms in total. The van der Waals surface area contributed by atoms with Crippen LogP contribution in [0.25, 0.3) is 0 Å². The van der Waals surface area contributed by atoms with Crippen molar-refractivity contribution in [3.8, 4) is 17.7 Å². The lowest BCUT2D eigenvalue weighted by atomic mass is 10.2. The van der Waals surface area contributed by atoms with Gasteiger partial charge in [-0.3, -0.25) is 0 Å². The maximum absolute atomic E-state index is 5.59. The summed E-state index contributed by atoms with van der Waals surface area (Å²) in [6.45, 7) is 4.29. The van der Waals surface area contributed by atoms with Crippen LogP contribution in [0, 0.1) is 11.8 Å². The predicted molar refractivity (Wildman–Crippen MR) is 62.8 cm³/mol. The molecule has 0 spiro atoms. The van der Waals surface area contributed by atoms with Crippen LogP contribution in [0.1, 0.15) is 25.8 Å². The van der Waals surface area contributed by atoms with Crippen molar-refractivity contribution in [1.29, 1.82) is 0 Å². The lowest BCUT2D eigenvalue weighted by Crippen LogP contribution is -2.12. The number of nitrogens with two attached hydrogens (primary N) is 2. The van der Waals surface area contributed by atoms with E-state index < -0.39 is 0 Å². The first-order valence-corrected chi connectivity index (χ1v) is 5.13. The average molecular weight is 220 g/mol. The van der Waals surface area contributed by atoms with E-state index in [9.17, 15) is 0 Å². The maximum Gasteiger partial charge on any atom is 0.234 e. The minimum absolute atomic E-state index is 0.0535. The molecule has 0 saturated heterocycles. The monoisotopic (exact) mass is 220 g/mol. The molecule has 1 aromatic heterocycles. The Morgan fingerprint density at radius 2 is 2.31 bits per heavy atom. The first-order valence-electron chi connectivity index (χ1n) is 5.13. The van der Waals surface area contributed by atoms with Gasteiger partial charge in [-0.25, -0.2) is 4.98 Å². The molecule has 16 heavy (non-hydrogen) atoms. The van der Waals surface area contributed by atoms with Crippen LogP contribution in [-0.4, -0.2) is 22.6 Å². The summed E-state index contributed by atoms with van der Waals surface area (Å²) in [5, 5.41) is 0. The van der Waals surface area contributed by atoms with Gasteiger partial charge < -0.3 is 16.2 Å². The average Bonchev–Trinajstić information content (AvgIpc) is 2.21. The number of nitrogen functional groups attached to an aromatic ring is 1. The molecule has 0 saturated carbocycles. The Kier molecular flexibility index (Phi) is 4.55. The van der Waals surface area contributed by atoms with Crippen LogP contribution >= 0.6 is 0 Å². The van der Waals surface area contributed by atoms with Crippen molar-refractivity contribution >= 4 is 5.95 Å². The second-order valence-corrected chi connectivity index (χ2v) is 3.36. The van der Waals surface area contributed by atoms with Gasteiger partial charge in [0.25, 0.3) is 0 Å². The molecule has 0 unspecified atom stereocenters. The topological polar surface area (TPSA) is 87.0 Å². The Hall–Kier alpha value is -1.80. The number of ether oxygens (including phenoxy) is 1. The lowest BCUT2D eigenvalue weighted by molar-refractivity contribution is 0.326. The van der Waals surface area contributed by atoms with Crippen LogP contribution in [0.3, 0.4) is 0 Å². The van der Waals surface area contributed by atoms with E-state index in [1.165, 1.54) is 0 Å². The van der Waals surface area contributed by atoms with Crippen LogP contribution in [-0.2, 0) is 0 Å². The van der Waals surface area contributed by atoms with E-state index in [-0.39, 0.29) is 12.0 Å². The molecule has 0 bridgehead atoms. The Morgan fingerprint density at radius 3 is 2.94 bits per heavy atom. The minimum Gasteiger partial charge on any atom is -0.477 e. The molecule has 0 aliphatic carbocycles. The fourth-order valence-corrected chi connectivity index (χ4v) is 1.02. The Balaban J connectivity index is 2.88. The zero-order valence-corrected chi connectivity index (χ0v) is 9.53. The Labute approximate surface area is 95.2 Å². The van der Waals surface area contributed by atoms with E-state index in [2.05, 4.69) is 21.8 Å². The van der Waals surface area contributed by atoms with Crippen molar-refractivity contribution in [2.24, 2.45) is 5.73 Å². The molecule has 1 atom stereocenters. The Morgan fingerprint density at radius 1 is 1.56 bits per heavy atom. The smallest absolute Gasteiger partial charge is 0.234 e. The summed E-state index contributed by atoms with van der Waals surface area (Å²) in [5.74, 6) is 6.47. The maximum atomic E-state index is 5.59. The summed E-state index contributed by atoms with van der Waals surface area (Å²) in [6, 6.07) is 0.0535. The van der Waals surface area contributed by atoms with Gasteiger partial charge in [0.1, 0.15) is 5.56 Å². The Bertz CT molecular complexity index is 406. The summed E-state index contributed by atoms with van der Waals surface area (Å²) in [7, 11) is 0. The van der Waals surface area contributed by atoms with Gasteiger partial charge >= 0.3 is 0 Å². The van der Waals surface area contributed by atoms with Crippen molar-refractivity contribution in [2.75, 3.05) is 12.3 Å². The van der Waals surface area contributed by atoms with E-state index in [1.54, 1.807) is 6.20 Å². The van der Waals surface area contributed by atoms with E-state index in [0.29, 0.717) is 24.5 Å². The molecule has 0 aliphatic rings. The highest BCUT2D eigenvalue weighted by molar-refractivity contribution is 5.42. The molecule has 5 heteroatoms. The molecule has 86 valence electrons. The molecule has 0 amide bonds. The summed E-state index contributed by atoms with van der Waals surface area (Å²) < 4.78 is 5.31. The summed E-state index contributed by atoms with van der Waals surface area (Å²) in [6.07, 6.45) is 2.18. The second-order valence-electron chi connectivity index (χ2n) is 3.36. The van der Waals surface area contributed by atoms with Crippen molar-refractivity contribution < 1.29 is 4.74 Å². The number of hydrogen-bond donors (Lipinski definition) is 2. The molecule has 0 fully saturated rings. The van der Waals surface area contributed by atoms with Crippen LogP contribution in [0.15, 0.2) is 6.20 Å². The zero-order chi connectivity index (χ0) is 12.0. The first-order chi connectivity index (χ1) is 7.63. The fourth-order valence-electron chi connectivity index (χ4n) is 1.02. The van der Waals surface area contributed by atoms with Crippen molar-refractivity contribution in [1.82, 2.24) is 9.97 Å². The normalized spacial score (nSPS) is 11.4. The molecule has 0 aliphatic heterocycles. The molecular weight excluding hydrogens is 204 g/mol. The standard InChI is InChI=1S/C11H16N4O/c1-3-16-10-9(6-4-5-8(2)12)7-14-11(13)15-10/h7-8H,3,5,12H2,1-2H3,(H2,13,14,15)/t8-/m0/s1. The molecule has 4 N–H and O–H groups in total. The molecule has 1 rings (SSSR count). The van der Waals surface area contributed by atoms with Crippen molar-refractivity contribution in [2.45, 2.75) is 26.3 Å². The lowest BCUT2D eigenvalue weighted by Gasteiger charge is -2.04. The highest BCUT2D eigenvalue weighted by atomic mass is 16.5. The van der Waals surface area contributed by atoms with E-state index in [1.807, 2.05) is 13.8 Å². The van der Waals surface area contributed by atoms with Crippen molar-refractivity contribution in [3.05, 3.63) is 11.8 Å². The predicted octanol–water partition coefficient (Wildman–Crippen LogP) is 0.546. The third kappa shape index (κ3) is 3.75. The highest BCUT2D eigenvalue weighted by Gasteiger charge is 2.03. The van der Waals surface area contributed by atoms with E-state index in [4.69, 9.17) is 16.2 Å². The molecular formula is C11H16N4O. The summed E-state index contributed by atoms with van der Waals surface area (Å²) in [4.78, 5) is 7.84. The molecule has 0 radical (unpaired) electrons. The molecule has 0 aromatic carbocycles. The number of hydrogen-bond acceptors (Lipinski definition) is 5. The summed E-state index contributed by atoms with van der Waals surface area (Å²) in [5.41, 5.74) is 11.7. The second kappa shape index (κ2) is 5.93. The number of anilines is 1. The van der Waals surface area contributed by atoms with Gasteiger partial charge in [0.15, 0.2) is 0 Å². The van der Waals surface area contributed by atoms with Crippen LogP contribution < -0.4 is 16.2 Å². The van der Waals surface area contributed by atoms with Crippen LogP contribution in [0.4, 0.5) is 5.95 Å². The van der Waals surface area contributed by atoms with Gasteiger partial charge in [0.05, 0.1) is 12.8 Å². The third-order valence-electron chi connectivity index (χ3n) is 1.70. The minimum atomic E-state index is 0.0535. The fraction of sp³-hybridized carbons (Fsp3) is 0.455. The zero-order valence-electron chi connectivity index (χ0n) is 9.53. The van der Waals surface area contributed by atoms with Gasteiger partial charge in [-0.1, -0.05) is 11.8 Å². The highest BCUT2D eigenvalue weighted by Crippen LogP contribution is 2.13. The third-order valence-corrected chi connectivity index (χ3v) is 1.70. The van der Waals surface area contributed by atoms with Crippen LogP contribution in [0.2, 0.25) is 0 Å². The largest absolute Gasteiger partial charge is 0.477 e. The first kappa shape index (κ1) is 12.3. The van der Waals surface area contributed by atoms with Crippen molar-refractivity contribution in [3.63, 3.8) is 0 Å². The van der Waals surface area contributed by atoms with Gasteiger partial charge in [0, 0.05) is 12.5 Å². The van der Waals surface area contributed by atoms with Gasteiger partial charge in [-0.05, 0) is 13.8 Å².